The van der Waals surface area contributed by atoms with Crippen LogP contribution in [-0.4, -0.2) is 34.3 Å². The molecular formula is C13H21N3O. The van der Waals surface area contributed by atoms with E-state index in [0.29, 0.717) is 5.92 Å². The monoisotopic (exact) mass is 235 g/mol. The highest BCUT2D eigenvalue weighted by Gasteiger charge is 2.28. The normalized spacial score (nSPS) is 25.1. The minimum atomic E-state index is 0.192. The number of rotatable bonds is 2. The van der Waals surface area contributed by atoms with E-state index >= 15 is 0 Å². The van der Waals surface area contributed by atoms with E-state index in [1.807, 2.05) is 19.9 Å². The van der Waals surface area contributed by atoms with E-state index in [4.69, 9.17) is 0 Å². The van der Waals surface area contributed by atoms with Gasteiger partial charge in [-0.2, -0.15) is 0 Å². The lowest BCUT2D eigenvalue weighted by Gasteiger charge is -2.40. The van der Waals surface area contributed by atoms with E-state index in [1.54, 1.807) is 0 Å². The van der Waals surface area contributed by atoms with Crippen LogP contribution >= 0.6 is 0 Å². The summed E-state index contributed by atoms with van der Waals surface area (Å²) in [7, 11) is 0. The van der Waals surface area contributed by atoms with Crippen molar-refractivity contribution in [1.29, 1.82) is 0 Å². The second kappa shape index (κ2) is 5.00. The highest BCUT2D eigenvalue weighted by atomic mass is 16.3. The Morgan fingerprint density at radius 2 is 2.18 bits per heavy atom. The van der Waals surface area contributed by atoms with Crippen LogP contribution in [0.5, 0.6) is 0 Å². The SMILES string of the molecule is Cc1cc(N2CCC[C@@H](C)[C@@H]2CO)nc(C)n1. The number of hydrogen-bond acceptors (Lipinski definition) is 4. The summed E-state index contributed by atoms with van der Waals surface area (Å²) in [5.41, 5.74) is 0.988. The van der Waals surface area contributed by atoms with E-state index < -0.39 is 0 Å². The van der Waals surface area contributed by atoms with Crippen molar-refractivity contribution >= 4 is 5.82 Å². The van der Waals surface area contributed by atoms with Crippen molar-refractivity contribution in [1.82, 2.24) is 9.97 Å². The molecule has 2 heterocycles. The van der Waals surface area contributed by atoms with Crippen LogP contribution in [0, 0.1) is 19.8 Å². The number of piperidine rings is 1. The Morgan fingerprint density at radius 1 is 1.41 bits per heavy atom. The molecule has 1 fully saturated rings. The molecule has 0 aromatic carbocycles. The summed E-state index contributed by atoms with van der Waals surface area (Å²) in [6.45, 7) is 7.28. The number of nitrogens with zero attached hydrogens (tertiary/aromatic N) is 3. The molecule has 1 aliphatic heterocycles. The van der Waals surface area contributed by atoms with Gasteiger partial charge in [0.05, 0.1) is 12.6 Å². The first-order chi connectivity index (χ1) is 8.11. The number of anilines is 1. The lowest BCUT2D eigenvalue weighted by Crippen LogP contribution is -2.47. The van der Waals surface area contributed by atoms with Crippen LogP contribution in [0.25, 0.3) is 0 Å². The molecule has 1 saturated heterocycles. The zero-order valence-electron chi connectivity index (χ0n) is 10.8. The van der Waals surface area contributed by atoms with Crippen LogP contribution in [0.4, 0.5) is 5.82 Å². The molecule has 0 spiro atoms. The highest BCUT2D eigenvalue weighted by molar-refractivity contribution is 5.41. The Kier molecular flexibility index (Phi) is 3.62. The van der Waals surface area contributed by atoms with Crippen molar-refractivity contribution in [3.05, 3.63) is 17.6 Å². The summed E-state index contributed by atoms with van der Waals surface area (Å²) in [4.78, 5) is 11.0. The highest BCUT2D eigenvalue weighted by Crippen LogP contribution is 2.27. The summed E-state index contributed by atoms with van der Waals surface area (Å²) >= 11 is 0. The third kappa shape index (κ3) is 2.57. The van der Waals surface area contributed by atoms with Crippen molar-refractivity contribution in [3.63, 3.8) is 0 Å². The molecule has 0 radical (unpaired) electrons. The molecule has 0 saturated carbocycles. The molecule has 2 atom stereocenters. The Labute approximate surface area is 103 Å². The van der Waals surface area contributed by atoms with Crippen LogP contribution in [-0.2, 0) is 0 Å². The molecule has 94 valence electrons. The molecule has 1 aromatic heterocycles. The molecule has 0 unspecified atom stereocenters. The second-order valence-corrected chi connectivity index (χ2v) is 4.98. The quantitative estimate of drug-likeness (QED) is 0.847. The molecule has 0 bridgehead atoms. The summed E-state index contributed by atoms with van der Waals surface area (Å²) in [5.74, 6) is 2.28. The minimum absolute atomic E-state index is 0.192. The largest absolute Gasteiger partial charge is 0.394 e. The predicted molar refractivity (Wildman–Crippen MR) is 68.1 cm³/mol. The van der Waals surface area contributed by atoms with E-state index in [0.717, 1.165) is 23.9 Å². The first kappa shape index (κ1) is 12.3. The molecule has 2 rings (SSSR count). The maximum absolute atomic E-state index is 9.55. The van der Waals surface area contributed by atoms with Gasteiger partial charge in [0.2, 0.25) is 0 Å². The molecule has 0 amide bonds. The first-order valence-electron chi connectivity index (χ1n) is 6.31. The number of aromatic nitrogens is 2. The smallest absolute Gasteiger partial charge is 0.132 e. The Balaban J connectivity index is 2.30. The van der Waals surface area contributed by atoms with Gasteiger partial charge in [-0.1, -0.05) is 6.92 Å². The third-order valence-electron chi connectivity index (χ3n) is 3.55. The average Bonchev–Trinajstić information content (AvgIpc) is 2.27. The zero-order chi connectivity index (χ0) is 12.4. The number of aliphatic hydroxyl groups is 1. The summed E-state index contributed by atoms with van der Waals surface area (Å²) in [5, 5.41) is 9.55. The fraction of sp³-hybridized carbons (Fsp3) is 0.692. The minimum Gasteiger partial charge on any atom is -0.394 e. The van der Waals surface area contributed by atoms with Gasteiger partial charge in [0, 0.05) is 18.3 Å². The maximum atomic E-state index is 9.55. The molecule has 1 aromatic rings. The van der Waals surface area contributed by atoms with Crippen molar-refractivity contribution < 1.29 is 5.11 Å². The number of aliphatic hydroxyl groups excluding tert-OH is 1. The number of hydrogen-bond donors (Lipinski definition) is 1. The molecule has 1 aliphatic rings. The van der Waals surface area contributed by atoms with Crippen LogP contribution in [0.15, 0.2) is 6.07 Å². The van der Waals surface area contributed by atoms with Gasteiger partial charge in [0.15, 0.2) is 0 Å². The fourth-order valence-electron chi connectivity index (χ4n) is 2.66. The maximum Gasteiger partial charge on any atom is 0.132 e. The van der Waals surface area contributed by atoms with Gasteiger partial charge in [-0.25, -0.2) is 9.97 Å². The molecular weight excluding hydrogens is 214 g/mol. The predicted octanol–water partition coefficient (Wildman–Crippen LogP) is 1.69. The molecule has 4 heteroatoms. The van der Waals surface area contributed by atoms with Crippen LogP contribution in [0.2, 0.25) is 0 Å². The van der Waals surface area contributed by atoms with E-state index in [9.17, 15) is 5.11 Å². The van der Waals surface area contributed by atoms with Crippen LogP contribution in [0.3, 0.4) is 0 Å². The first-order valence-corrected chi connectivity index (χ1v) is 6.31. The summed E-state index contributed by atoms with van der Waals surface area (Å²) in [6.07, 6.45) is 2.35. The van der Waals surface area contributed by atoms with Crippen molar-refractivity contribution in [2.45, 2.75) is 39.7 Å². The van der Waals surface area contributed by atoms with Crippen molar-refractivity contribution in [2.75, 3.05) is 18.1 Å². The van der Waals surface area contributed by atoms with E-state index in [-0.39, 0.29) is 12.6 Å². The van der Waals surface area contributed by atoms with Gasteiger partial charge in [-0.3, -0.25) is 0 Å². The van der Waals surface area contributed by atoms with E-state index in [2.05, 4.69) is 21.8 Å². The van der Waals surface area contributed by atoms with E-state index in [1.165, 1.54) is 12.8 Å². The molecule has 1 N–H and O–H groups in total. The van der Waals surface area contributed by atoms with Gasteiger partial charge >= 0.3 is 0 Å². The molecule has 0 aliphatic carbocycles. The lowest BCUT2D eigenvalue weighted by atomic mass is 9.91. The van der Waals surface area contributed by atoms with Gasteiger partial charge in [0.25, 0.3) is 0 Å². The van der Waals surface area contributed by atoms with Gasteiger partial charge in [-0.05, 0) is 32.6 Å². The number of aryl methyl sites for hydroxylation is 2. The average molecular weight is 235 g/mol. The van der Waals surface area contributed by atoms with Crippen molar-refractivity contribution in [2.24, 2.45) is 5.92 Å². The summed E-state index contributed by atoms with van der Waals surface area (Å²) < 4.78 is 0. The van der Waals surface area contributed by atoms with Gasteiger partial charge in [0.1, 0.15) is 11.6 Å². The fourth-order valence-corrected chi connectivity index (χ4v) is 2.66. The van der Waals surface area contributed by atoms with Crippen molar-refractivity contribution in [3.8, 4) is 0 Å². The Morgan fingerprint density at radius 3 is 2.82 bits per heavy atom. The van der Waals surface area contributed by atoms with Crippen LogP contribution in [0.1, 0.15) is 31.3 Å². The third-order valence-corrected chi connectivity index (χ3v) is 3.55. The second-order valence-electron chi connectivity index (χ2n) is 4.98. The molecule has 4 nitrogen and oxygen atoms in total. The molecule has 17 heavy (non-hydrogen) atoms. The Hall–Kier alpha value is -1.16. The Bertz CT molecular complexity index is 374. The topological polar surface area (TPSA) is 49.2 Å². The van der Waals surface area contributed by atoms with Crippen LogP contribution < -0.4 is 4.90 Å². The van der Waals surface area contributed by atoms with Gasteiger partial charge < -0.3 is 10.0 Å². The zero-order valence-corrected chi connectivity index (χ0v) is 10.8. The summed E-state index contributed by atoms with van der Waals surface area (Å²) in [6, 6.07) is 2.20. The lowest BCUT2D eigenvalue weighted by molar-refractivity contribution is 0.202. The van der Waals surface area contributed by atoms with Gasteiger partial charge in [-0.15, -0.1) is 0 Å². The standard InChI is InChI=1S/C13H21N3O/c1-9-5-4-6-16(12(9)8-17)13-7-10(2)14-11(3)15-13/h7,9,12,17H,4-6,8H2,1-3H3/t9-,12+/m1/s1.